The van der Waals surface area contributed by atoms with Crippen molar-refractivity contribution in [1.29, 1.82) is 0 Å². The molecule has 2 heterocycles. The van der Waals surface area contributed by atoms with Gasteiger partial charge in [-0.25, -0.2) is 0 Å². The van der Waals surface area contributed by atoms with Crippen molar-refractivity contribution < 1.29 is 14.0 Å². The number of benzene rings is 2. The molecule has 1 aliphatic heterocycles. The van der Waals surface area contributed by atoms with E-state index in [4.69, 9.17) is 31.2 Å². The molecule has 3 aromatic rings. The largest absolute Gasteiger partial charge is 0.497 e. The summed E-state index contributed by atoms with van der Waals surface area (Å²) in [4.78, 5) is 6.82. The van der Waals surface area contributed by atoms with Gasteiger partial charge in [-0.3, -0.25) is 0 Å². The first-order chi connectivity index (χ1) is 16.0. The maximum Gasteiger partial charge on any atom is 0.258 e. The van der Waals surface area contributed by atoms with Crippen LogP contribution in [0.2, 0.25) is 0 Å². The second kappa shape index (κ2) is 10.1. The molecule has 0 aliphatic carbocycles. The molecule has 0 bridgehead atoms. The van der Waals surface area contributed by atoms with Crippen LogP contribution in [0.3, 0.4) is 0 Å². The molecule has 0 saturated heterocycles. The smallest absolute Gasteiger partial charge is 0.258 e. The predicted molar refractivity (Wildman–Crippen MR) is 132 cm³/mol. The quantitative estimate of drug-likeness (QED) is 0.378. The summed E-state index contributed by atoms with van der Waals surface area (Å²) in [6.07, 6.45) is 0.839. The van der Waals surface area contributed by atoms with E-state index < -0.39 is 0 Å². The molecular formula is C25H28N4O3S. The molecular weight excluding hydrogens is 436 g/mol. The lowest BCUT2D eigenvalue weighted by Crippen LogP contribution is -2.46. The summed E-state index contributed by atoms with van der Waals surface area (Å²) in [5.74, 6) is 1.78. The van der Waals surface area contributed by atoms with Gasteiger partial charge in [0.25, 0.3) is 5.89 Å². The molecule has 0 saturated carbocycles. The van der Waals surface area contributed by atoms with E-state index >= 15 is 0 Å². The molecule has 2 aromatic carbocycles. The summed E-state index contributed by atoms with van der Waals surface area (Å²) in [7, 11) is 3.36. The molecule has 7 nitrogen and oxygen atoms in total. The van der Waals surface area contributed by atoms with Gasteiger partial charge in [0.15, 0.2) is 5.11 Å². The third-order valence-corrected chi connectivity index (χ3v) is 6.06. The number of methoxy groups -OCH3 is 2. The van der Waals surface area contributed by atoms with Crippen molar-refractivity contribution >= 4 is 22.9 Å². The lowest BCUT2D eigenvalue weighted by molar-refractivity contribution is 0.188. The van der Waals surface area contributed by atoms with Crippen LogP contribution in [-0.2, 0) is 4.74 Å². The SMILES string of the molecule is COCCCN1C(=S)NC(c2cccc(OC)c2)C(c2nc(-c3ccc(C)cc3)no2)=C1C. The zero-order valence-electron chi connectivity index (χ0n) is 19.3. The number of thiocarbonyl (C=S) groups is 1. The van der Waals surface area contributed by atoms with Gasteiger partial charge in [0.2, 0.25) is 5.82 Å². The topological polar surface area (TPSA) is 72.7 Å². The fraction of sp³-hybridized carbons (Fsp3) is 0.320. The van der Waals surface area contributed by atoms with Gasteiger partial charge >= 0.3 is 0 Å². The van der Waals surface area contributed by atoms with Crippen molar-refractivity contribution in [3.8, 4) is 17.1 Å². The first kappa shape index (κ1) is 22.9. The maximum atomic E-state index is 5.79. The van der Waals surface area contributed by atoms with Crippen LogP contribution < -0.4 is 10.1 Å². The predicted octanol–water partition coefficient (Wildman–Crippen LogP) is 4.75. The third-order valence-electron chi connectivity index (χ3n) is 5.72. The Bertz CT molecular complexity index is 1160. The molecule has 1 N–H and O–H groups in total. The third kappa shape index (κ3) is 4.91. The normalized spacial score (nSPS) is 16.2. The molecule has 0 spiro atoms. The Labute approximate surface area is 199 Å². The average molecular weight is 465 g/mol. The Hall–Kier alpha value is -3.23. The minimum Gasteiger partial charge on any atom is -0.497 e. The van der Waals surface area contributed by atoms with Gasteiger partial charge in [0.1, 0.15) is 5.75 Å². The van der Waals surface area contributed by atoms with E-state index in [1.807, 2.05) is 62.4 Å². The number of aryl methyl sites for hydroxylation is 1. The van der Waals surface area contributed by atoms with E-state index in [-0.39, 0.29) is 6.04 Å². The molecule has 172 valence electrons. The van der Waals surface area contributed by atoms with E-state index in [0.29, 0.717) is 23.4 Å². The Morgan fingerprint density at radius 2 is 1.91 bits per heavy atom. The van der Waals surface area contributed by atoms with Crippen LogP contribution in [-0.4, -0.2) is 47.5 Å². The fourth-order valence-corrected chi connectivity index (χ4v) is 4.26. The van der Waals surface area contributed by atoms with Crippen LogP contribution in [0.4, 0.5) is 0 Å². The standard InChI is InChI=1S/C25H28N4O3S/c1-16-9-11-18(12-10-16)23-27-24(32-28-23)21-17(2)29(13-6-14-30-3)25(33)26-22(21)19-7-5-8-20(15-19)31-4/h5,7-12,15,22H,6,13-14H2,1-4H3,(H,26,33). The number of nitrogens with one attached hydrogen (secondary N) is 1. The zero-order chi connectivity index (χ0) is 23.4. The summed E-state index contributed by atoms with van der Waals surface area (Å²) in [6, 6.07) is 15.7. The van der Waals surface area contributed by atoms with Gasteiger partial charge in [-0.15, -0.1) is 0 Å². The number of nitrogens with zero attached hydrogens (tertiary/aromatic N) is 3. The highest BCUT2D eigenvalue weighted by Crippen LogP contribution is 2.38. The van der Waals surface area contributed by atoms with Crippen molar-refractivity contribution in [3.63, 3.8) is 0 Å². The van der Waals surface area contributed by atoms with Gasteiger partial charge in [-0.2, -0.15) is 4.98 Å². The highest BCUT2D eigenvalue weighted by molar-refractivity contribution is 7.80. The van der Waals surface area contributed by atoms with Crippen LogP contribution in [0.25, 0.3) is 17.0 Å². The molecule has 1 aromatic heterocycles. The summed E-state index contributed by atoms with van der Waals surface area (Å²) < 4.78 is 16.5. The summed E-state index contributed by atoms with van der Waals surface area (Å²) in [6.45, 7) is 5.46. The number of hydrogen-bond donors (Lipinski definition) is 1. The van der Waals surface area contributed by atoms with E-state index in [2.05, 4.69) is 15.4 Å². The molecule has 1 aliphatic rings. The molecule has 0 radical (unpaired) electrons. The Morgan fingerprint density at radius 3 is 2.64 bits per heavy atom. The number of ether oxygens (including phenoxy) is 2. The van der Waals surface area contributed by atoms with E-state index in [9.17, 15) is 0 Å². The summed E-state index contributed by atoms with van der Waals surface area (Å²) in [5, 5.41) is 8.39. The lowest BCUT2D eigenvalue weighted by atomic mass is 9.94. The Balaban J connectivity index is 1.77. The Kier molecular flexibility index (Phi) is 7.05. The summed E-state index contributed by atoms with van der Waals surface area (Å²) in [5.41, 5.74) is 4.94. The van der Waals surface area contributed by atoms with E-state index in [0.717, 1.165) is 41.1 Å². The average Bonchev–Trinajstić information content (AvgIpc) is 3.31. The number of allylic oxidation sites excluding steroid dienone is 1. The first-order valence-corrected chi connectivity index (χ1v) is 11.3. The van der Waals surface area contributed by atoms with Crippen molar-refractivity contribution in [2.45, 2.75) is 26.3 Å². The van der Waals surface area contributed by atoms with E-state index in [1.165, 1.54) is 5.56 Å². The Morgan fingerprint density at radius 1 is 1.12 bits per heavy atom. The number of rotatable bonds is 8. The fourth-order valence-electron chi connectivity index (χ4n) is 3.92. The van der Waals surface area contributed by atoms with Gasteiger partial charge in [-0.05, 0) is 50.2 Å². The number of hydrogen-bond acceptors (Lipinski definition) is 6. The molecule has 0 fully saturated rings. The minimum atomic E-state index is -0.252. The monoisotopic (exact) mass is 464 g/mol. The van der Waals surface area contributed by atoms with Crippen LogP contribution in [0.1, 0.15) is 36.4 Å². The molecule has 8 heteroatoms. The van der Waals surface area contributed by atoms with Crippen molar-refractivity contribution in [3.05, 3.63) is 71.2 Å². The van der Waals surface area contributed by atoms with Gasteiger partial charge in [0, 0.05) is 31.5 Å². The molecule has 1 unspecified atom stereocenters. The van der Waals surface area contributed by atoms with Crippen LogP contribution in [0.5, 0.6) is 5.75 Å². The van der Waals surface area contributed by atoms with Crippen molar-refractivity contribution in [2.75, 3.05) is 27.4 Å². The molecule has 33 heavy (non-hydrogen) atoms. The first-order valence-electron chi connectivity index (χ1n) is 10.8. The molecule has 0 amide bonds. The van der Waals surface area contributed by atoms with Crippen LogP contribution >= 0.6 is 12.2 Å². The maximum absolute atomic E-state index is 5.79. The highest BCUT2D eigenvalue weighted by Gasteiger charge is 2.34. The zero-order valence-corrected chi connectivity index (χ0v) is 20.1. The van der Waals surface area contributed by atoms with Crippen LogP contribution in [0, 0.1) is 6.92 Å². The van der Waals surface area contributed by atoms with E-state index in [1.54, 1.807) is 14.2 Å². The second-order valence-corrected chi connectivity index (χ2v) is 8.33. The lowest BCUT2D eigenvalue weighted by Gasteiger charge is -2.37. The van der Waals surface area contributed by atoms with Crippen molar-refractivity contribution in [2.24, 2.45) is 0 Å². The second-order valence-electron chi connectivity index (χ2n) is 7.95. The molecule has 1 atom stereocenters. The van der Waals surface area contributed by atoms with Crippen LogP contribution in [0.15, 0.2) is 58.8 Å². The van der Waals surface area contributed by atoms with Gasteiger partial charge in [0.05, 0.1) is 18.7 Å². The summed E-state index contributed by atoms with van der Waals surface area (Å²) >= 11 is 5.73. The van der Waals surface area contributed by atoms with Crippen molar-refractivity contribution in [1.82, 2.24) is 20.4 Å². The minimum absolute atomic E-state index is 0.252. The number of aromatic nitrogens is 2. The molecule has 4 rings (SSSR count). The highest BCUT2D eigenvalue weighted by atomic mass is 32.1. The van der Waals surface area contributed by atoms with Gasteiger partial charge < -0.3 is 24.2 Å². The van der Waals surface area contributed by atoms with Gasteiger partial charge in [-0.1, -0.05) is 47.1 Å².